The first-order valence-corrected chi connectivity index (χ1v) is 10.3. The number of carbonyl (C=O) groups is 2. The Bertz CT molecular complexity index is 976. The molecule has 0 spiro atoms. The molecule has 160 valence electrons. The lowest BCUT2D eigenvalue weighted by Crippen LogP contribution is -2.37. The molecular weight excluding hydrogens is 376 g/mol. The van der Waals surface area contributed by atoms with Crippen molar-refractivity contribution in [3.05, 3.63) is 64.7 Å². The summed E-state index contributed by atoms with van der Waals surface area (Å²) in [4.78, 5) is 25.5. The number of anilines is 1. The van der Waals surface area contributed by atoms with Crippen molar-refractivity contribution in [2.75, 3.05) is 19.4 Å². The molecule has 1 unspecified atom stereocenters. The fourth-order valence-electron chi connectivity index (χ4n) is 4.57. The number of carboxylic acid groups (broad SMARTS) is 1. The van der Waals surface area contributed by atoms with E-state index in [1.807, 2.05) is 19.9 Å². The molecular formula is C25H32N2O3. The van der Waals surface area contributed by atoms with Crippen molar-refractivity contribution in [1.29, 1.82) is 0 Å². The Morgan fingerprint density at radius 2 is 1.87 bits per heavy atom. The molecule has 1 aliphatic heterocycles. The SMILES string of the molecule is CN(C)C(=O)C(C)(C)Cc1cccc(C2Nc3ccc(C(=O)O)cc3CC2(C)C)c1. The minimum absolute atomic E-state index is 0.0910. The molecule has 30 heavy (non-hydrogen) atoms. The molecule has 0 saturated heterocycles. The summed E-state index contributed by atoms with van der Waals surface area (Å²) in [5, 5.41) is 12.9. The number of amides is 1. The van der Waals surface area contributed by atoms with E-state index < -0.39 is 11.4 Å². The van der Waals surface area contributed by atoms with Crippen molar-refractivity contribution >= 4 is 17.6 Å². The van der Waals surface area contributed by atoms with Crippen LogP contribution in [0.4, 0.5) is 5.69 Å². The van der Waals surface area contributed by atoms with Crippen LogP contribution in [-0.4, -0.2) is 36.0 Å². The van der Waals surface area contributed by atoms with Crippen LogP contribution in [0.25, 0.3) is 0 Å². The van der Waals surface area contributed by atoms with Crippen LogP contribution in [0.15, 0.2) is 42.5 Å². The summed E-state index contributed by atoms with van der Waals surface area (Å²) in [6.45, 7) is 8.38. The van der Waals surface area contributed by atoms with Crippen LogP contribution in [-0.2, 0) is 17.6 Å². The highest BCUT2D eigenvalue weighted by Gasteiger charge is 2.36. The summed E-state index contributed by atoms with van der Waals surface area (Å²) < 4.78 is 0. The highest BCUT2D eigenvalue weighted by Crippen LogP contribution is 2.45. The van der Waals surface area contributed by atoms with E-state index in [-0.39, 0.29) is 17.4 Å². The lowest BCUT2D eigenvalue weighted by molar-refractivity contribution is -0.137. The van der Waals surface area contributed by atoms with Crippen molar-refractivity contribution in [3.8, 4) is 0 Å². The van der Waals surface area contributed by atoms with Crippen LogP contribution in [0.2, 0.25) is 0 Å². The molecule has 0 aromatic heterocycles. The molecule has 2 N–H and O–H groups in total. The van der Waals surface area contributed by atoms with Gasteiger partial charge in [0.1, 0.15) is 0 Å². The second-order valence-corrected chi connectivity index (χ2v) is 9.93. The molecule has 1 atom stereocenters. The van der Waals surface area contributed by atoms with Gasteiger partial charge in [0.2, 0.25) is 5.91 Å². The Hall–Kier alpha value is -2.82. The average molecular weight is 409 g/mol. The number of carbonyl (C=O) groups excluding carboxylic acids is 1. The molecule has 0 bridgehead atoms. The topological polar surface area (TPSA) is 69.6 Å². The van der Waals surface area contributed by atoms with Gasteiger partial charge in [-0.15, -0.1) is 0 Å². The molecule has 0 radical (unpaired) electrons. The highest BCUT2D eigenvalue weighted by molar-refractivity contribution is 5.88. The summed E-state index contributed by atoms with van der Waals surface area (Å²) in [5.41, 5.74) is 4.08. The molecule has 2 aromatic carbocycles. The largest absolute Gasteiger partial charge is 0.478 e. The van der Waals surface area contributed by atoms with Gasteiger partial charge in [0.15, 0.2) is 0 Å². The van der Waals surface area contributed by atoms with Crippen LogP contribution in [0.1, 0.15) is 60.8 Å². The lowest BCUT2D eigenvalue weighted by Gasteiger charge is -2.41. The number of nitrogens with zero attached hydrogens (tertiary/aromatic N) is 1. The zero-order valence-corrected chi connectivity index (χ0v) is 18.7. The van der Waals surface area contributed by atoms with Gasteiger partial charge in [-0.1, -0.05) is 52.0 Å². The maximum absolute atomic E-state index is 12.5. The molecule has 1 amide bonds. The maximum Gasteiger partial charge on any atom is 0.335 e. The van der Waals surface area contributed by atoms with Crippen LogP contribution < -0.4 is 5.32 Å². The van der Waals surface area contributed by atoms with E-state index in [4.69, 9.17) is 0 Å². The number of benzene rings is 2. The number of aromatic carboxylic acids is 1. The fourth-order valence-corrected chi connectivity index (χ4v) is 4.57. The van der Waals surface area contributed by atoms with Crippen molar-refractivity contribution in [2.24, 2.45) is 10.8 Å². The summed E-state index contributed by atoms with van der Waals surface area (Å²) in [6.07, 6.45) is 1.46. The minimum Gasteiger partial charge on any atom is -0.478 e. The number of rotatable bonds is 5. The Morgan fingerprint density at radius 1 is 1.17 bits per heavy atom. The molecule has 3 rings (SSSR count). The molecule has 0 saturated carbocycles. The molecule has 5 heteroatoms. The predicted molar refractivity (Wildman–Crippen MR) is 120 cm³/mol. The van der Waals surface area contributed by atoms with Gasteiger partial charge in [-0.25, -0.2) is 4.79 Å². The highest BCUT2D eigenvalue weighted by atomic mass is 16.4. The molecule has 2 aromatic rings. The summed E-state index contributed by atoms with van der Waals surface area (Å²) >= 11 is 0. The third-order valence-electron chi connectivity index (χ3n) is 6.00. The summed E-state index contributed by atoms with van der Waals surface area (Å²) in [5.74, 6) is -0.785. The number of carboxylic acids is 1. The number of fused-ring (bicyclic) bond motifs is 1. The van der Waals surface area contributed by atoms with E-state index in [1.54, 1.807) is 31.1 Å². The number of hydrogen-bond donors (Lipinski definition) is 2. The van der Waals surface area contributed by atoms with Crippen molar-refractivity contribution < 1.29 is 14.7 Å². The second-order valence-electron chi connectivity index (χ2n) is 9.93. The number of hydrogen-bond acceptors (Lipinski definition) is 3. The molecule has 5 nitrogen and oxygen atoms in total. The minimum atomic E-state index is -0.902. The fraction of sp³-hybridized carbons (Fsp3) is 0.440. The Morgan fingerprint density at radius 3 is 2.50 bits per heavy atom. The molecule has 0 fully saturated rings. The Balaban J connectivity index is 1.90. The third-order valence-corrected chi connectivity index (χ3v) is 6.00. The first-order valence-electron chi connectivity index (χ1n) is 10.3. The third kappa shape index (κ3) is 4.35. The Kier molecular flexibility index (Phi) is 5.68. The second kappa shape index (κ2) is 7.78. The van der Waals surface area contributed by atoms with Gasteiger partial charge >= 0.3 is 5.97 Å². The lowest BCUT2D eigenvalue weighted by atomic mass is 9.72. The summed E-state index contributed by atoms with van der Waals surface area (Å²) in [7, 11) is 3.59. The van der Waals surface area contributed by atoms with Crippen molar-refractivity contribution in [2.45, 2.75) is 46.6 Å². The van der Waals surface area contributed by atoms with Gasteiger partial charge in [-0.2, -0.15) is 0 Å². The van der Waals surface area contributed by atoms with E-state index in [0.29, 0.717) is 12.0 Å². The standard InChI is InChI=1S/C25H32N2O3/c1-24(2)15-19-13-18(22(28)29)10-11-20(19)26-21(24)17-9-7-8-16(12-17)14-25(3,4)23(30)27(5)6/h7-13,21,26H,14-15H2,1-6H3,(H,28,29). The zero-order valence-electron chi connectivity index (χ0n) is 18.7. The van der Waals surface area contributed by atoms with Crippen LogP contribution >= 0.6 is 0 Å². The molecule has 0 aliphatic carbocycles. The van der Waals surface area contributed by atoms with Gasteiger partial charge in [0.05, 0.1) is 11.6 Å². The smallest absolute Gasteiger partial charge is 0.335 e. The van der Waals surface area contributed by atoms with E-state index in [2.05, 4.69) is 43.4 Å². The molecule has 1 aliphatic rings. The first-order chi connectivity index (χ1) is 13.9. The van der Waals surface area contributed by atoms with Crippen molar-refractivity contribution in [1.82, 2.24) is 4.90 Å². The van der Waals surface area contributed by atoms with E-state index >= 15 is 0 Å². The van der Waals surface area contributed by atoms with Crippen LogP contribution in [0, 0.1) is 10.8 Å². The van der Waals surface area contributed by atoms with Gasteiger partial charge in [-0.05, 0) is 53.1 Å². The van der Waals surface area contributed by atoms with Crippen LogP contribution in [0.3, 0.4) is 0 Å². The van der Waals surface area contributed by atoms with E-state index in [1.165, 1.54) is 5.56 Å². The Labute approximate surface area is 179 Å². The monoisotopic (exact) mass is 408 g/mol. The quantitative estimate of drug-likeness (QED) is 0.747. The van der Waals surface area contributed by atoms with Gasteiger partial charge < -0.3 is 15.3 Å². The number of nitrogens with one attached hydrogen (secondary N) is 1. The van der Waals surface area contributed by atoms with Crippen molar-refractivity contribution in [3.63, 3.8) is 0 Å². The first kappa shape index (κ1) is 21.9. The maximum atomic E-state index is 12.5. The van der Waals surface area contributed by atoms with Gasteiger partial charge in [0.25, 0.3) is 0 Å². The van der Waals surface area contributed by atoms with Gasteiger partial charge in [-0.3, -0.25) is 4.79 Å². The summed E-state index contributed by atoms with van der Waals surface area (Å²) in [6, 6.07) is 13.8. The van der Waals surface area contributed by atoms with E-state index in [0.717, 1.165) is 23.2 Å². The van der Waals surface area contributed by atoms with E-state index in [9.17, 15) is 14.7 Å². The molecule has 1 heterocycles. The van der Waals surface area contributed by atoms with Crippen LogP contribution in [0.5, 0.6) is 0 Å². The zero-order chi connectivity index (χ0) is 22.3. The predicted octanol–water partition coefficient (Wildman–Crippen LogP) is 4.78. The average Bonchev–Trinajstić information content (AvgIpc) is 2.65. The normalized spacial score (nSPS) is 17.6. The van der Waals surface area contributed by atoms with Gasteiger partial charge in [0, 0.05) is 25.2 Å².